The van der Waals surface area contributed by atoms with Gasteiger partial charge in [0, 0.05) is 31.9 Å². The van der Waals surface area contributed by atoms with Gasteiger partial charge in [0.25, 0.3) is 5.91 Å². The summed E-state index contributed by atoms with van der Waals surface area (Å²) in [7, 11) is 0. The number of hydrogen-bond acceptors (Lipinski definition) is 3. The predicted octanol–water partition coefficient (Wildman–Crippen LogP) is 3.48. The molecule has 0 unspecified atom stereocenters. The molecule has 2 aliphatic rings. The van der Waals surface area contributed by atoms with Crippen LogP contribution in [0.4, 0.5) is 0 Å². The van der Waals surface area contributed by atoms with E-state index in [1.165, 1.54) is 40.8 Å². The van der Waals surface area contributed by atoms with Crippen LogP contribution in [-0.4, -0.2) is 54.8 Å². The van der Waals surface area contributed by atoms with Gasteiger partial charge in [-0.05, 0) is 69.2 Å². The minimum Gasteiger partial charge on any atom is -0.379 e. The number of carbonyl (C=O) groups is 1. The predicted molar refractivity (Wildman–Crippen MR) is 120 cm³/mol. The van der Waals surface area contributed by atoms with E-state index in [4.69, 9.17) is 4.74 Å². The maximum Gasteiger partial charge on any atom is 0.268 e. The Bertz CT molecular complexity index is 864. The van der Waals surface area contributed by atoms with Crippen LogP contribution in [0, 0.1) is 13.8 Å². The molecule has 2 aromatic rings. The molecule has 0 spiro atoms. The molecule has 1 fully saturated rings. The summed E-state index contributed by atoms with van der Waals surface area (Å²) in [5.41, 5.74) is 7.36. The van der Waals surface area contributed by atoms with E-state index in [-0.39, 0.29) is 5.91 Å². The second kappa shape index (κ2) is 9.80. The van der Waals surface area contributed by atoms with Crippen LogP contribution in [0.1, 0.15) is 57.7 Å². The van der Waals surface area contributed by atoms with Crippen LogP contribution in [-0.2, 0) is 24.1 Å². The molecule has 30 heavy (non-hydrogen) atoms. The number of rotatable bonds is 7. The third kappa shape index (κ3) is 4.79. The van der Waals surface area contributed by atoms with E-state index in [9.17, 15) is 4.79 Å². The first-order valence-electron chi connectivity index (χ1n) is 11.5. The standard InChI is InChI=1S/C25H35N3O2/c1-19-8-10-21(11-9-19)18-28-23-7-4-3-6-22(23)20(2)24(28)25(29)26-12-5-13-27-14-16-30-17-15-27/h8-11H,3-7,12-18H2,1-2H3,(H,26,29). The average Bonchev–Trinajstić information content (AvgIpc) is 3.05. The topological polar surface area (TPSA) is 46.5 Å². The molecule has 5 nitrogen and oxygen atoms in total. The van der Waals surface area contributed by atoms with Crippen molar-refractivity contribution in [3.8, 4) is 0 Å². The molecule has 162 valence electrons. The van der Waals surface area contributed by atoms with Gasteiger partial charge in [-0.25, -0.2) is 0 Å². The third-order valence-electron chi connectivity index (χ3n) is 6.56. The Morgan fingerprint density at radius 2 is 1.80 bits per heavy atom. The smallest absolute Gasteiger partial charge is 0.268 e. The molecule has 1 aromatic heterocycles. The fourth-order valence-electron chi connectivity index (χ4n) is 4.83. The maximum absolute atomic E-state index is 13.2. The molecule has 4 rings (SSSR count). The zero-order valence-corrected chi connectivity index (χ0v) is 18.5. The first-order valence-corrected chi connectivity index (χ1v) is 11.5. The molecule has 0 atom stereocenters. The highest BCUT2D eigenvalue weighted by molar-refractivity contribution is 5.95. The van der Waals surface area contributed by atoms with Crippen LogP contribution in [0.25, 0.3) is 0 Å². The summed E-state index contributed by atoms with van der Waals surface area (Å²) < 4.78 is 7.71. The van der Waals surface area contributed by atoms with Crippen LogP contribution in [0.5, 0.6) is 0 Å². The molecule has 1 aliphatic heterocycles. The normalized spacial score (nSPS) is 17.0. The van der Waals surface area contributed by atoms with Crippen molar-refractivity contribution in [2.24, 2.45) is 0 Å². The molecule has 1 saturated heterocycles. The number of amides is 1. The van der Waals surface area contributed by atoms with E-state index < -0.39 is 0 Å². The summed E-state index contributed by atoms with van der Waals surface area (Å²) in [6.45, 7) is 10.4. The van der Waals surface area contributed by atoms with E-state index >= 15 is 0 Å². The van der Waals surface area contributed by atoms with E-state index in [2.05, 4.69) is 52.9 Å². The number of nitrogens with zero attached hydrogens (tertiary/aromatic N) is 2. The summed E-state index contributed by atoms with van der Waals surface area (Å²) >= 11 is 0. The summed E-state index contributed by atoms with van der Waals surface area (Å²) in [5.74, 6) is 0.0796. The Hall–Kier alpha value is -2.11. The molecular formula is C25H35N3O2. The summed E-state index contributed by atoms with van der Waals surface area (Å²) in [6, 6.07) is 8.68. The van der Waals surface area contributed by atoms with Crippen LogP contribution in [0.2, 0.25) is 0 Å². The second-order valence-electron chi connectivity index (χ2n) is 8.74. The highest BCUT2D eigenvalue weighted by atomic mass is 16.5. The van der Waals surface area contributed by atoms with Gasteiger partial charge < -0.3 is 14.6 Å². The average molecular weight is 410 g/mol. The molecule has 1 aromatic carbocycles. The van der Waals surface area contributed by atoms with E-state index in [0.717, 1.165) is 70.9 Å². The molecule has 5 heteroatoms. The van der Waals surface area contributed by atoms with Crippen molar-refractivity contribution in [2.45, 2.75) is 52.5 Å². The number of fused-ring (bicyclic) bond motifs is 1. The number of ether oxygens (including phenoxy) is 1. The molecule has 1 aliphatic carbocycles. The van der Waals surface area contributed by atoms with Crippen molar-refractivity contribution in [3.63, 3.8) is 0 Å². The van der Waals surface area contributed by atoms with Crippen LogP contribution >= 0.6 is 0 Å². The Labute approximate surface area is 180 Å². The van der Waals surface area contributed by atoms with Crippen molar-refractivity contribution in [1.29, 1.82) is 0 Å². The van der Waals surface area contributed by atoms with Crippen LogP contribution < -0.4 is 5.32 Å². The molecule has 2 heterocycles. The fraction of sp³-hybridized carbons (Fsp3) is 0.560. The zero-order chi connectivity index (χ0) is 20.9. The molecule has 1 N–H and O–H groups in total. The minimum absolute atomic E-state index is 0.0796. The van der Waals surface area contributed by atoms with Gasteiger partial charge in [-0.1, -0.05) is 29.8 Å². The Balaban J connectivity index is 1.47. The van der Waals surface area contributed by atoms with Gasteiger partial charge >= 0.3 is 0 Å². The number of aryl methyl sites for hydroxylation is 1. The van der Waals surface area contributed by atoms with Gasteiger partial charge in [-0.3, -0.25) is 9.69 Å². The monoisotopic (exact) mass is 409 g/mol. The van der Waals surface area contributed by atoms with Crippen LogP contribution in [0.15, 0.2) is 24.3 Å². The van der Waals surface area contributed by atoms with Crippen molar-refractivity contribution in [2.75, 3.05) is 39.4 Å². The first-order chi connectivity index (χ1) is 14.6. The molecule has 0 saturated carbocycles. The SMILES string of the molecule is Cc1ccc(Cn2c3c(c(C)c2C(=O)NCCCN2CCOCC2)CCCC3)cc1. The highest BCUT2D eigenvalue weighted by Crippen LogP contribution is 2.30. The van der Waals surface area contributed by atoms with Crippen molar-refractivity contribution in [3.05, 3.63) is 57.9 Å². The lowest BCUT2D eigenvalue weighted by Crippen LogP contribution is -2.38. The van der Waals surface area contributed by atoms with Gasteiger partial charge in [0.1, 0.15) is 5.69 Å². The maximum atomic E-state index is 13.2. The summed E-state index contributed by atoms with van der Waals surface area (Å²) in [5, 5.41) is 3.21. The molecule has 1 amide bonds. The van der Waals surface area contributed by atoms with E-state index in [1.54, 1.807) is 0 Å². The lowest BCUT2D eigenvalue weighted by Gasteiger charge is -2.26. The summed E-state index contributed by atoms with van der Waals surface area (Å²) in [6.07, 6.45) is 5.59. The van der Waals surface area contributed by atoms with Crippen molar-refractivity contribution < 1.29 is 9.53 Å². The highest BCUT2D eigenvalue weighted by Gasteiger charge is 2.26. The Morgan fingerprint density at radius 1 is 1.07 bits per heavy atom. The number of nitrogens with one attached hydrogen (secondary N) is 1. The number of morpholine rings is 1. The van der Waals surface area contributed by atoms with Gasteiger partial charge in [-0.15, -0.1) is 0 Å². The van der Waals surface area contributed by atoms with E-state index in [0.29, 0.717) is 0 Å². The number of hydrogen-bond donors (Lipinski definition) is 1. The zero-order valence-electron chi connectivity index (χ0n) is 18.5. The lowest BCUT2D eigenvalue weighted by molar-refractivity contribution is 0.0374. The number of carbonyl (C=O) groups excluding carboxylic acids is 1. The van der Waals surface area contributed by atoms with Crippen molar-refractivity contribution in [1.82, 2.24) is 14.8 Å². The molecule has 0 bridgehead atoms. The van der Waals surface area contributed by atoms with E-state index in [1.807, 2.05) is 0 Å². The van der Waals surface area contributed by atoms with Gasteiger partial charge in [0.2, 0.25) is 0 Å². The Morgan fingerprint density at radius 3 is 2.57 bits per heavy atom. The quantitative estimate of drug-likeness (QED) is 0.712. The van der Waals surface area contributed by atoms with Crippen LogP contribution in [0.3, 0.4) is 0 Å². The Kier molecular flexibility index (Phi) is 6.90. The first kappa shape index (κ1) is 21.1. The minimum atomic E-state index is 0.0796. The van der Waals surface area contributed by atoms with Gasteiger partial charge in [0.15, 0.2) is 0 Å². The lowest BCUT2D eigenvalue weighted by atomic mass is 9.95. The molecular weight excluding hydrogens is 374 g/mol. The van der Waals surface area contributed by atoms with Crippen molar-refractivity contribution >= 4 is 5.91 Å². The number of aromatic nitrogens is 1. The third-order valence-corrected chi connectivity index (χ3v) is 6.56. The fourth-order valence-corrected chi connectivity index (χ4v) is 4.83. The summed E-state index contributed by atoms with van der Waals surface area (Å²) in [4.78, 5) is 15.7. The van der Waals surface area contributed by atoms with Gasteiger partial charge in [0.05, 0.1) is 13.2 Å². The second-order valence-corrected chi connectivity index (χ2v) is 8.74. The molecule has 0 radical (unpaired) electrons. The largest absolute Gasteiger partial charge is 0.379 e. The number of benzene rings is 1. The van der Waals surface area contributed by atoms with Gasteiger partial charge in [-0.2, -0.15) is 0 Å².